The Kier molecular flexibility index (Phi) is 8.50. The van der Waals surface area contributed by atoms with Crippen LogP contribution >= 0.6 is 0 Å². The number of unbranched alkanes of at least 4 members (excludes halogenated alkanes) is 3. The second-order valence-electron chi connectivity index (χ2n) is 9.78. The molecule has 3 heteroatoms. The summed E-state index contributed by atoms with van der Waals surface area (Å²) >= 11 is 0. The highest BCUT2D eigenvalue weighted by Crippen LogP contribution is 2.44. The van der Waals surface area contributed by atoms with Gasteiger partial charge in [0.15, 0.2) is 0 Å². The zero-order valence-electron chi connectivity index (χ0n) is 18.2. The fraction of sp³-hybridized carbons (Fsp3) is 0.769. The van der Waals surface area contributed by atoms with Crippen molar-refractivity contribution in [3.63, 3.8) is 0 Å². The summed E-state index contributed by atoms with van der Waals surface area (Å²) in [5.74, 6) is 3.34. The molecule has 1 aromatic carbocycles. The summed E-state index contributed by atoms with van der Waals surface area (Å²) in [6.07, 6.45) is 12.8. The van der Waals surface area contributed by atoms with Crippen molar-refractivity contribution in [3.05, 3.63) is 35.4 Å². The lowest BCUT2D eigenvalue weighted by Gasteiger charge is -2.38. The molecule has 164 valence electrons. The molecule has 2 aliphatic rings. The van der Waals surface area contributed by atoms with Crippen LogP contribution in [0.25, 0.3) is 0 Å². The molecule has 0 saturated heterocycles. The highest BCUT2D eigenvalue weighted by atomic mass is 19.4. The summed E-state index contributed by atoms with van der Waals surface area (Å²) in [6, 6.07) is 7.24. The normalized spacial score (nSPS) is 28.4. The van der Waals surface area contributed by atoms with Gasteiger partial charge in [0.05, 0.1) is 6.42 Å². The number of hydrogen-bond donors (Lipinski definition) is 0. The predicted molar refractivity (Wildman–Crippen MR) is 115 cm³/mol. The summed E-state index contributed by atoms with van der Waals surface area (Å²) in [7, 11) is 0. The lowest BCUT2D eigenvalue weighted by atomic mass is 9.68. The number of alkyl halides is 3. The van der Waals surface area contributed by atoms with E-state index in [0.29, 0.717) is 11.5 Å². The molecule has 0 unspecified atom stereocenters. The minimum absolute atomic E-state index is 0.376. The van der Waals surface area contributed by atoms with Crippen LogP contribution in [0.4, 0.5) is 13.2 Å². The van der Waals surface area contributed by atoms with Gasteiger partial charge in [-0.05, 0) is 73.3 Å². The molecule has 0 aliphatic heterocycles. The van der Waals surface area contributed by atoms with E-state index in [1.807, 2.05) is 12.1 Å². The quantitative estimate of drug-likeness (QED) is 0.377. The lowest BCUT2D eigenvalue weighted by Crippen LogP contribution is -2.25. The Morgan fingerprint density at radius 1 is 0.759 bits per heavy atom. The van der Waals surface area contributed by atoms with E-state index in [-0.39, 0.29) is 0 Å². The molecule has 0 bridgehead atoms. The van der Waals surface area contributed by atoms with E-state index in [2.05, 4.69) is 6.92 Å². The molecule has 0 aromatic heterocycles. The van der Waals surface area contributed by atoms with Gasteiger partial charge in [-0.3, -0.25) is 0 Å². The van der Waals surface area contributed by atoms with Crippen LogP contribution in [0.3, 0.4) is 0 Å². The third-order valence-corrected chi connectivity index (χ3v) is 7.65. The van der Waals surface area contributed by atoms with E-state index in [1.54, 1.807) is 12.1 Å². The molecule has 2 aliphatic carbocycles. The van der Waals surface area contributed by atoms with Crippen molar-refractivity contribution in [1.29, 1.82) is 0 Å². The number of halogens is 3. The van der Waals surface area contributed by atoms with Crippen LogP contribution in [0.15, 0.2) is 24.3 Å². The maximum atomic E-state index is 12.5. The number of rotatable bonds is 8. The van der Waals surface area contributed by atoms with Crippen LogP contribution in [-0.2, 0) is 6.42 Å². The average molecular weight is 409 g/mol. The Balaban J connectivity index is 1.38. The third kappa shape index (κ3) is 7.33. The van der Waals surface area contributed by atoms with Crippen molar-refractivity contribution in [2.75, 3.05) is 0 Å². The monoisotopic (exact) mass is 408 g/mol. The first-order chi connectivity index (χ1) is 13.9. The second kappa shape index (κ2) is 10.9. The summed E-state index contributed by atoms with van der Waals surface area (Å²) in [5, 5.41) is 0. The Bertz CT molecular complexity index is 573. The van der Waals surface area contributed by atoms with Gasteiger partial charge in [-0.2, -0.15) is 13.2 Å². The number of hydrogen-bond acceptors (Lipinski definition) is 0. The van der Waals surface area contributed by atoms with Crippen molar-refractivity contribution in [1.82, 2.24) is 0 Å². The van der Waals surface area contributed by atoms with Gasteiger partial charge < -0.3 is 0 Å². The molecule has 0 spiro atoms. The van der Waals surface area contributed by atoms with Gasteiger partial charge in [-0.1, -0.05) is 76.1 Å². The van der Waals surface area contributed by atoms with Gasteiger partial charge >= 0.3 is 6.18 Å². The summed E-state index contributed by atoms with van der Waals surface area (Å²) in [5.41, 5.74) is 1.62. The molecule has 3 rings (SSSR count). The summed E-state index contributed by atoms with van der Waals surface area (Å²) < 4.78 is 37.6. The van der Waals surface area contributed by atoms with Crippen LogP contribution < -0.4 is 0 Å². The van der Waals surface area contributed by atoms with E-state index in [9.17, 15) is 13.2 Å². The Hall–Kier alpha value is -0.990. The maximum absolute atomic E-state index is 12.5. The van der Waals surface area contributed by atoms with Crippen molar-refractivity contribution in [2.24, 2.45) is 17.8 Å². The Labute approximate surface area is 175 Å². The highest BCUT2D eigenvalue weighted by molar-refractivity contribution is 5.26. The van der Waals surface area contributed by atoms with Crippen LogP contribution in [0.5, 0.6) is 0 Å². The minimum Gasteiger partial charge on any atom is -0.171 e. The maximum Gasteiger partial charge on any atom is 0.393 e. The van der Waals surface area contributed by atoms with Crippen molar-refractivity contribution < 1.29 is 13.2 Å². The molecule has 2 fully saturated rings. The molecule has 0 radical (unpaired) electrons. The van der Waals surface area contributed by atoms with E-state index in [1.165, 1.54) is 89.0 Å². The highest BCUT2D eigenvalue weighted by Gasteiger charge is 2.31. The fourth-order valence-corrected chi connectivity index (χ4v) is 5.87. The molecule has 0 N–H and O–H groups in total. The molecule has 0 nitrogen and oxygen atoms in total. The van der Waals surface area contributed by atoms with Gasteiger partial charge in [-0.25, -0.2) is 0 Å². The van der Waals surface area contributed by atoms with Crippen LogP contribution in [0.1, 0.15) is 107 Å². The Morgan fingerprint density at radius 2 is 1.34 bits per heavy atom. The van der Waals surface area contributed by atoms with Gasteiger partial charge in [0.25, 0.3) is 0 Å². The van der Waals surface area contributed by atoms with E-state index in [4.69, 9.17) is 0 Å². The minimum atomic E-state index is -4.12. The second-order valence-corrected chi connectivity index (χ2v) is 9.78. The van der Waals surface area contributed by atoms with Gasteiger partial charge in [0.2, 0.25) is 0 Å². The number of benzene rings is 1. The van der Waals surface area contributed by atoms with Crippen LogP contribution in [0, 0.1) is 17.8 Å². The van der Waals surface area contributed by atoms with E-state index >= 15 is 0 Å². The SMILES string of the molecule is CCCCCC[C@H]1CC[C@H](C2CCC(c3ccc(CC(F)(F)F)cc3)CC2)CC1. The van der Waals surface area contributed by atoms with Gasteiger partial charge in [-0.15, -0.1) is 0 Å². The van der Waals surface area contributed by atoms with Crippen molar-refractivity contribution in [2.45, 2.75) is 109 Å². The first-order valence-electron chi connectivity index (χ1n) is 12.1. The predicted octanol–water partition coefficient (Wildman–Crippen LogP) is 8.84. The van der Waals surface area contributed by atoms with E-state index in [0.717, 1.165) is 17.8 Å². The topological polar surface area (TPSA) is 0 Å². The molecule has 29 heavy (non-hydrogen) atoms. The molecule has 1 aromatic rings. The molecule has 0 heterocycles. The lowest BCUT2D eigenvalue weighted by molar-refractivity contribution is -0.127. The third-order valence-electron chi connectivity index (χ3n) is 7.65. The van der Waals surface area contributed by atoms with Gasteiger partial charge in [0, 0.05) is 0 Å². The largest absolute Gasteiger partial charge is 0.393 e. The molecular weight excluding hydrogens is 369 g/mol. The average Bonchev–Trinajstić information content (AvgIpc) is 2.71. The van der Waals surface area contributed by atoms with Gasteiger partial charge in [0.1, 0.15) is 0 Å². The summed E-state index contributed by atoms with van der Waals surface area (Å²) in [4.78, 5) is 0. The molecule has 0 atom stereocenters. The molecular formula is C26H39F3. The van der Waals surface area contributed by atoms with Crippen LogP contribution in [-0.4, -0.2) is 6.18 Å². The fourth-order valence-electron chi connectivity index (χ4n) is 5.87. The Morgan fingerprint density at radius 3 is 1.90 bits per heavy atom. The van der Waals surface area contributed by atoms with E-state index < -0.39 is 12.6 Å². The van der Waals surface area contributed by atoms with Crippen LogP contribution in [0.2, 0.25) is 0 Å². The molecule has 0 amide bonds. The standard InChI is InChI=1S/C26H39F3/c1-2-3-4-5-6-20-7-11-22(12-8-20)24-15-17-25(18-16-24)23-13-9-21(10-14-23)19-26(27,28)29/h9-10,13-14,20,22,24-25H,2-8,11-12,15-19H2,1H3/t20-,22-,24?,25?. The zero-order chi connectivity index (χ0) is 20.7. The molecule has 2 saturated carbocycles. The van der Waals surface area contributed by atoms with Crippen molar-refractivity contribution in [3.8, 4) is 0 Å². The smallest absolute Gasteiger partial charge is 0.171 e. The summed E-state index contributed by atoms with van der Waals surface area (Å²) in [6.45, 7) is 2.28. The van der Waals surface area contributed by atoms with Crippen molar-refractivity contribution >= 4 is 0 Å². The first-order valence-corrected chi connectivity index (χ1v) is 12.1. The first kappa shape index (κ1) is 22.7. The zero-order valence-corrected chi connectivity index (χ0v) is 18.2.